The van der Waals surface area contributed by atoms with Gasteiger partial charge in [-0.05, 0) is 138 Å². The van der Waals surface area contributed by atoms with Crippen LogP contribution in [0, 0.1) is 23.7 Å². The Balaban J connectivity index is 1.28. The van der Waals surface area contributed by atoms with Gasteiger partial charge in [0.1, 0.15) is 0 Å². The van der Waals surface area contributed by atoms with E-state index in [9.17, 15) is 0 Å². The Hall–Kier alpha value is -3.75. The largest absolute Gasteiger partial charge is 0.309 e. The summed E-state index contributed by atoms with van der Waals surface area (Å²) >= 11 is 2.04. The molecule has 1 nitrogen and oxygen atoms in total. The van der Waals surface area contributed by atoms with E-state index < -0.39 is 0 Å². The third-order valence-corrected chi connectivity index (χ3v) is 15.2. The van der Waals surface area contributed by atoms with Gasteiger partial charge in [-0.15, -0.1) is 0 Å². The summed E-state index contributed by atoms with van der Waals surface area (Å²) in [6.45, 7) is 9.80. The molecule has 2 heteroatoms. The van der Waals surface area contributed by atoms with Crippen LogP contribution in [0.3, 0.4) is 0 Å². The predicted molar refractivity (Wildman–Crippen MR) is 210 cm³/mol. The fraction of sp³-hybridized carbons (Fsp3) is 0.375. The van der Waals surface area contributed by atoms with E-state index in [4.69, 9.17) is 0 Å². The van der Waals surface area contributed by atoms with Crippen molar-refractivity contribution >= 4 is 28.8 Å². The zero-order valence-electron chi connectivity index (χ0n) is 30.1. The molecule has 50 heavy (non-hydrogen) atoms. The molecule has 4 fully saturated rings. The smallest absolute Gasteiger partial charge is 0.0682 e. The Morgan fingerprint density at radius 2 is 1.14 bits per heavy atom. The average Bonchev–Trinajstić information content (AvgIpc) is 3.13. The van der Waals surface area contributed by atoms with E-state index in [0.29, 0.717) is 11.8 Å². The monoisotopic (exact) mass is 671 g/mol. The molecular formula is C48H49NS. The van der Waals surface area contributed by atoms with E-state index in [1.165, 1.54) is 94.1 Å². The standard InChI is InChI=1S/C48H49NS/c1-46(2)23-24-47(3,4)42-30-37(19-21-39(42)46)49(36-15-9-6-10-16-36)44-38(33-13-7-5-8-14-33)20-22-41-45(44)50-43-18-12-11-17-40(43)48(41)34-26-31-25-32(28-34)29-35(48)27-31/h5-22,30-32,34-35H,23-29H2,1-4H3. The van der Waals surface area contributed by atoms with Crippen LogP contribution in [-0.2, 0) is 16.2 Å². The number of hydrogen-bond donors (Lipinski definition) is 0. The fourth-order valence-corrected chi connectivity index (χ4v) is 13.1. The van der Waals surface area contributed by atoms with Crippen molar-refractivity contribution in [2.24, 2.45) is 23.7 Å². The van der Waals surface area contributed by atoms with E-state index in [1.807, 2.05) is 11.8 Å². The van der Waals surface area contributed by atoms with Crippen molar-refractivity contribution < 1.29 is 0 Å². The number of nitrogens with zero attached hydrogens (tertiary/aromatic N) is 1. The molecule has 0 unspecified atom stereocenters. The van der Waals surface area contributed by atoms with Crippen molar-refractivity contribution in [1.82, 2.24) is 0 Å². The number of hydrogen-bond acceptors (Lipinski definition) is 2. The molecule has 1 aliphatic heterocycles. The lowest BCUT2D eigenvalue weighted by atomic mass is 9.42. The zero-order chi connectivity index (χ0) is 33.8. The number of benzene rings is 5. The summed E-state index contributed by atoms with van der Waals surface area (Å²) in [4.78, 5) is 5.59. The van der Waals surface area contributed by atoms with Crippen molar-refractivity contribution in [2.45, 2.75) is 98.7 Å². The highest BCUT2D eigenvalue weighted by molar-refractivity contribution is 7.99. The first-order valence-corrected chi connectivity index (χ1v) is 20.1. The first-order valence-electron chi connectivity index (χ1n) is 19.2. The number of anilines is 3. The third kappa shape index (κ3) is 4.46. The number of rotatable bonds is 4. The van der Waals surface area contributed by atoms with Crippen LogP contribution in [0.1, 0.15) is 94.9 Å². The summed E-state index contributed by atoms with van der Waals surface area (Å²) in [7, 11) is 0. The van der Waals surface area contributed by atoms with Gasteiger partial charge in [-0.25, -0.2) is 0 Å². The summed E-state index contributed by atoms with van der Waals surface area (Å²) in [6, 6.07) is 44.5. The molecule has 0 saturated heterocycles. The molecule has 0 amide bonds. The second-order valence-electron chi connectivity index (χ2n) is 17.6. The van der Waals surface area contributed by atoms with Crippen molar-refractivity contribution in [2.75, 3.05) is 4.90 Å². The van der Waals surface area contributed by atoms with Crippen LogP contribution in [0.25, 0.3) is 11.1 Å². The Labute approximate surface area is 303 Å². The van der Waals surface area contributed by atoms with Gasteiger partial charge in [0.2, 0.25) is 0 Å². The highest BCUT2D eigenvalue weighted by atomic mass is 32.2. The lowest BCUT2D eigenvalue weighted by Gasteiger charge is -2.63. The van der Waals surface area contributed by atoms with Gasteiger partial charge < -0.3 is 4.90 Å². The quantitative estimate of drug-likeness (QED) is 0.187. The van der Waals surface area contributed by atoms with Gasteiger partial charge >= 0.3 is 0 Å². The third-order valence-electron chi connectivity index (χ3n) is 14.0. The molecule has 11 rings (SSSR count). The van der Waals surface area contributed by atoms with E-state index in [0.717, 1.165) is 11.8 Å². The van der Waals surface area contributed by atoms with E-state index in [2.05, 4.69) is 148 Å². The number of para-hydroxylation sites is 1. The Morgan fingerprint density at radius 3 is 1.84 bits per heavy atom. The topological polar surface area (TPSA) is 3.24 Å². The molecule has 0 N–H and O–H groups in total. The molecule has 0 radical (unpaired) electrons. The highest BCUT2D eigenvalue weighted by Gasteiger charge is 2.61. The number of fused-ring (bicyclic) bond motifs is 3. The SMILES string of the molecule is CC1(C)CCC(C)(C)c2cc(N(c3ccccc3)c3c(-c4ccccc4)ccc4c3Sc3ccccc3C43C4CC5CC(C4)CC3C5)ccc21. The molecule has 252 valence electrons. The van der Waals surface area contributed by atoms with Crippen LogP contribution in [0.15, 0.2) is 125 Å². The summed E-state index contributed by atoms with van der Waals surface area (Å²) in [5.74, 6) is 3.26. The first-order chi connectivity index (χ1) is 24.2. The minimum absolute atomic E-state index is 0.0821. The second kappa shape index (κ2) is 11.1. The molecule has 5 aromatic carbocycles. The van der Waals surface area contributed by atoms with Crippen LogP contribution < -0.4 is 4.90 Å². The summed E-state index contributed by atoms with van der Waals surface area (Å²) in [5.41, 5.74) is 13.1. The molecular weight excluding hydrogens is 623 g/mol. The van der Waals surface area contributed by atoms with Crippen molar-refractivity contribution in [3.8, 4) is 11.1 Å². The molecule has 1 heterocycles. The minimum atomic E-state index is 0.0821. The molecule has 5 aromatic rings. The van der Waals surface area contributed by atoms with Crippen molar-refractivity contribution in [1.29, 1.82) is 0 Å². The van der Waals surface area contributed by atoms with Crippen LogP contribution in [-0.4, -0.2) is 0 Å². The average molecular weight is 672 g/mol. The van der Waals surface area contributed by atoms with Gasteiger partial charge in [0, 0.05) is 32.1 Å². The highest BCUT2D eigenvalue weighted by Crippen LogP contribution is 2.70. The molecule has 0 aromatic heterocycles. The molecule has 5 aliphatic carbocycles. The maximum Gasteiger partial charge on any atom is 0.0682 e. The zero-order valence-corrected chi connectivity index (χ0v) is 30.9. The molecule has 0 atom stereocenters. The fourth-order valence-electron chi connectivity index (χ4n) is 11.7. The molecule has 1 spiro atoms. The van der Waals surface area contributed by atoms with Crippen LogP contribution >= 0.6 is 11.8 Å². The van der Waals surface area contributed by atoms with Gasteiger partial charge in [0.15, 0.2) is 0 Å². The van der Waals surface area contributed by atoms with Crippen molar-refractivity contribution in [3.63, 3.8) is 0 Å². The lowest BCUT2D eigenvalue weighted by molar-refractivity contribution is -0.0443. The van der Waals surface area contributed by atoms with Gasteiger partial charge in [0.05, 0.1) is 5.69 Å². The second-order valence-corrected chi connectivity index (χ2v) is 18.7. The van der Waals surface area contributed by atoms with E-state index >= 15 is 0 Å². The summed E-state index contributed by atoms with van der Waals surface area (Å²) < 4.78 is 0. The Bertz CT molecular complexity index is 2080. The predicted octanol–water partition coefficient (Wildman–Crippen LogP) is 13.4. The van der Waals surface area contributed by atoms with Gasteiger partial charge in [0.25, 0.3) is 0 Å². The Morgan fingerprint density at radius 1 is 0.540 bits per heavy atom. The summed E-state index contributed by atoms with van der Waals surface area (Å²) in [5, 5.41) is 0. The van der Waals surface area contributed by atoms with Gasteiger partial charge in [-0.3, -0.25) is 0 Å². The van der Waals surface area contributed by atoms with Gasteiger partial charge in [-0.1, -0.05) is 124 Å². The summed E-state index contributed by atoms with van der Waals surface area (Å²) in [6.07, 6.45) is 9.45. The normalized spacial score (nSPS) is 27.8. The maximum absolute atomic E-state index is 2.64. The maximum atomic E-state index is 2.64. The van der Waals surface area contributed by atoms with Crippen LogP contribution in [0.5, 0.6) is 0 Å². The van der Waals surface area contributed by atoms with E-state index in [-0.39, 0.29) is 16.2 Å². The molecule has 4 bridgehead atoms. The Kier molecular flexibility index (Phi) is 6.90. The molecule has 4 saturated carbocycles. The van der Waals surface area contributed by atoms with Crippen LogP contribution in [0.2, 0.25) is 0 Å². The van der Waals surface area contributed by atoms with Crippen LogP contribution in [0.4, 0.5) is 17.1 Å². The molecule has 6 aliphatic rings. The first kappa shape index (κ1) is 31.0. The lowest BCUT2D eigenvalue weighted by Crippen LogP contribution is -2.57. The van der Waals surface area contributed by atoms with Gasteiger partial charge in [-0.2, -0.15) is 0 Å². The minimum Gasteiger partial charge on any atom is -0.309 e. The van der Waals surface area contributed by atoms with E-state index in [1.54, 1.807) is 11.1 Å². The van der Waals surface area contributed by atoms with Crippen molar-refractivity contribution in [3.05, 3.63) is 138 Å².